The molecule has 1 N–H and O–H groups in total. The second-order valence-electron chi connectivity index (χ2n) is 6.93. The first-order chi connectivity index (χ1) is 15.8. The highest BCUT2D eigenvalue weighted by Gasteiger charge is 2.31. The molecule has 9 heteroatoms. The largest absolute Gasteiger partial charge is 0.497 e. The first-order valence-electron chi connectivity index (χ1n) is 9.76. The van der Waals surface area contributed by atoms with E-state index in [4.69, 9.17) is 4.74 Å². The Hall–Kier alpha value is -4.27. The van der Waals surface area contributed by atoms with Crippen molar-refractivity contribution in [3.8, 4) is 28.3 Å². The molecule has 0 spiro atoms. The second kappa shape index (κ2) is 9.07. The molecule has 2 aromatic heterocycles. The van der Waals surface area contributed by atoms with Crippen molar-refractivity contribution in [1.29, 1.82) is 0 Å². The molecule has 0 unspecified atom stereocenters. The number of carbonyl (C=O) groups is 1. The van der Waals surface area contributed by atoms with Crippen molar-refractivity contribution in [1.82, 2.24) is 15.0 Å². The maximum Gasteiger partial charge on any atom is 0.416 e. The zero-order chi connectivity index (χ0) is 23.4. The number of nitrogens with one attached hydrogen (secondary N) is 1. The summed E-state index contributed by atoms with van der Waals surface area (Å²) in [6.45, 7) is 0. The summed E-state index contributed by atoms with van der Waals surface area (Å²) in [7, 11) is 1.52. The van der Waals surface area contributed by atoms with Crippen LogP contribution < -0.4 is 10.1 Å². The van der Waals surface area contributed by atoms with Crippen LogP contribution in [0.15, 0.2) is 79.1 Å². The zero-order valence-corrected chi connectivity index (χ0v) is 17.3. The molecular weight excluding hydrogens is 433 g/mol. The monoisotopic (exact) mass is 450 g/mol. The lowest BCUT2D eigenvalue weighted by Gasteiger charge is -2.13. The molecule has 0 fully saturated rings. The third-order valence-corrected chi connectivity index (χ3v) is 4.74. The van der Waals surface area contributed by atoms with Gasteiger partial charge in [-0.2, -0.15) is 13.2 Å². The summed E-state index contributed by atoms with van der Waals surface area (Å²) in [5.74, 6) is 0.247. The van der Waals surface area contributed by atoms with E-state index in [1.165, 1.54) is 31.6 Å². The number of benzene rings is 2. The Bertz CT molecular complexity index is 1280. The highest BCUT2D eigenvalue weighted by Crippen LogP contribution is 2.35. The summed E-state index contributed by atoms with van der Waals surface area (Å²) in [5, 5.41) is 2.63. The van der Waals surface area contributed by atoms with E-state index in [-0.39, 0.29) is 22.8 Å². The molecule has 2 heterocycles. The quantitative estimate of drug-likeness (QED) is 0.435. The van der Waals surface area contributed by atoms with Crippen LogP contribution in [0.4, 0.5) is 19.0 Å². The van der Waals surface area contributed by atoms with Crippen LogP contribution in [0.3, 0.4) is 0 Å². The number of anilines is 1. The first kappa shape index (κ1) is 21.9. The van der Waals surface area contributed by atoms with Crippen molar-refractivity contribution in [2.75, 3.05) is 12.4 Å². The van der Waals surface area contributed by atoms with Gasteiger partial charge in [-0.3, -0.25) is 14.8 Å². The molecule has 0 aliphatic heterocycles. The number of alkyl halides is 3. The summed E-state index contributed by atoms with van der Waals surface area (Å²) >= 11 is 0. The molecule has 2 aromatic carbocycles. The Kier molecular flexibility index (Phi) is 6.03. The number of carbonyl (C=O) groups excluding carboxylic acids is 1. The van der Waals surface area contributed by atoms with Crippen LogP contribution in [0.5, 0.6) is 5.75 Å². The summed E-state index contributed by atoms with van der Waals surface area (Å²) in [6.07, 6.45) is -1.72. The van der Waals surface area contributed by atoms with Crippen LogP contribution in [0, 0.1) is 0 Å². The molecule has 4 rings (SSSR count). The fourth-order valence-corrected chi connectivity index (χ4v) is 3.13. The van der Waals surface area contributed by atoms with Gasteiger partial charge in [-0.15, -0.1) is 0 Å². The van der Waals surface area contributed by atoms with Crippen LogP contribution in [-0.4, -0.2) is 28.0 Å². The lowest BCUT2D eigenvalue weighted by molar-refractivity contribution is -0.137. The Morgan fingerprint density at radius 2 is 1.70 bits per heavy atom. The lowest BCUT2D eigenvalue weighted by atomic mass is 10.0. The van der Waals surface area contributed by atoms with E-state index in [0.717, 1.165) is 12.1 Å². The zero-order valence-electron chi connectivity index (χ0n) is 17.3. The van der Waals surface area contributed by atoms with E-state index >= 15 is 0 Å². The van der Waals surface area contributed by atoms with Gasteiger partial charge >= 0.3 is 6.18 Å². The molecule has 0 aliphatic rings. The van der Waals surface area contributed by atoms with E-state index in [2.05, 4.69) is 20.3 Å². The van der Waals surface area contributed by atoms with E-state index in [0.29, 0.717) is 17.0 Å². The number of hydrogen-bond acceptors (Lipinski definition) is 5. The highest BCUT2D eigenvalue weighted by atomic mass is 19.4. The molecule has 4 aromatic rings. The van der Waals surface area contributed by atoms with Gasteiger partial charge in [-0.05, 0) is 48.5 Å². The van der Waals surface area contributed by atoms with Gasteiger partial charge in [0.2, 0.25) is 0 Å². The van der Waals surface area contributed by atoms with E-state index in [9.17, 15) is 18.0 Å². The normalized spacial score (nSPS) is 11.2. The van der Waals surface area contributed by atoms with Crippen molar-refractivity contribution in [2.24, 2.45) is 0 Å². The fourth-order valence-electron chi connectivity index (χ4n) is 3.13. The lowest BCUT2D eigenvalue weighted by Crippen LogP contribution is -2.15. The number of halogens is 3. The second-order valence-corrected chi connectivity index (χ2v) is 6.93. The van der Waals surface area contributed by atoms with Crippen LogP contribution in [0.25, 0.3) is 22.5 Å². The number of amides is 1. The molecule has 33 heavy (non-hydrogen) atoms. The molecule has 6 nitrogen and oxygen atoms in total. The van der Waals surface area contributed by atoms with Crippen molar-refractivity contribution in [3.63, 3.8) is 0 Å². The fraction of sp³-hybridized carbons (Fsp3) is 0.0833. The van der Waals surface area contributed by atoms with Crippen molar-refractivity contribution >= 4 is 11.7 Å². The SMILES string of the molecule is COc1ccc(-c2nc(NC(=O)c3ccccn3)cnc2-c2cccc(C(F)(F)F)c2)cc1. The number of pyridine rings is 1. The Balaban J connectivity index is 1.78. The average molecular weight is 450 g/mol. The predicted octanol–water partition coefficient (Wildman–Crippen LogP) is 5.49. The van der Waals surface area contributed by atoms with Crippen molar-refractivity contribution in [3.05, 3.63) is 90.4 Å². The minimum Gasteiger partial charge on any atom is -0.497 e. The van der Waals surface area contributed by atoms with Crippen molar-refractivity contribution in [2.45, 2.75) is 6.18 Å². The van der Waals surface area contributed by atoms with Crippen molar-refractivity contribution < 1.29 is 22.7 Å². The van der Waals surface area contributed by atoms with Gasteiger partial charge < -0.3 is 10.1 Å². The number of hydrogen-bond donors (Lipinski definition) is 1. The Labute approximate surface area is 187 Å². The van der Waals surface area contributed by atoms with Crippen LogP contribution in [0.2, 0.25) is 0 Å². The van der Waals surface area contributed by atoms with Gasteiger partial charge in [0.15, 0.2) is 5.82 Å². The number of rotatable bonds is 5. The third-order valence-electron chi connectivity index (χ3n) is 4.74. The molecule has 0 bridgehead atoms. The van der Waals surface area contributed by atoms with Gasteiger partial charge in [0.25, 0.3) is 5.91 Å². The van der Waals surface area contributed by atoms with Crippen LogP contribution >= 0.6 is 0 Å². The maximum absolute atomic E-state index is 13.3. The molecule has 0 atom stereocenters. The highest BCUT2D eigenvalue weighted by molar-refractivity contribution is 6.02. The topological polar surface area (TPSA) is 77.0 Å². The van der Waals surface area contributed by atoms with Gasteiger partial charge in [-0.1, -0.05) is 18.2 Å². The standard InChI is InChI=1S/C24H17F3N4O2/c1-33-18-10-8-15(9-11-18)22-21(16-5-4-6-17(13-16)24(25,26)27)29-14-20(30-22)31-23(32)19-7-2-3-12-28-19/h2-14H,1H3,(H,30,31,32). The van der Waals surface area contributed by atoms with Gasteiger partial charge in [-0.25, -0.2) is 4.98 Å². The molecule has 0 radical (unpaired) electrons. The molecule has 1 amide bonds. The summed E-state index contributed by atoms with van der Waals surface area (Å²) in [6, 6.07) is 16.6. The van der Waals surface area contributed by atoms with Gasteiger partial charge in [0, 0.05) is 17.3 Å². The predicted molar refractivity (Wildman–Crippen MR) is 117 cm³/mol. The maximum atomic E-state index is 13.3. The minimum absolute atomic E-state index is 0.132. The van der Waals surface area contributed by atoms with E-state index < -0.39 is 17.6 Å². The smallest absolute Gasteiger partial charge is 0.416 e. The Morgan fingerprint density at radius 3 is 2.36 bits per heavy atom. The number of aromatic nitrogens is 3. The molecule has 0 aliphatic carbocycles. The van der Waals surface area contributed by atoms with Crippen LogP contribution in [-0.2, 0) is 6.18 Å². The Morgan fingerprint density at radius 1 is 0.909 bits per heavy atom. The van der Waals surface area contributed by atoms with E-state index in [1.54, 1.807) is 42.5 Å². The molecular formula is C24H17F3N4O2. The summed E-state index contributed by atoms with van der Waals surface area (Å²) in [5.41, 5.74) is 0.760. The minimum atomic E-state index is -4.50. The number of nitrogens with zero attached hydrogens (tertiary/aromatic N) is 3. The molecule has 0 saturated heterocycles. The summed E-state index contributed by atoms with van der Waals surface area (Å²) < 4.78 is 44.9. The number of methoxy groups -OCH3 is 1. The van der Waals surface area contributed by atoms with Gasteiger partial charge in [0.05, 0.1) is 30.3 Å². The number of ether oxygens (including phenoxy) is 1. The van der Waals surface area contributed by atoms with E-state index in [1.807, 2.05) is 0 Å². The molecule has 0 saturated carbocycles. The summed E-state index contributed by atoms with van der Waals surface area (Å²) in [4.78, 5) is 25.3. The first-order valence-corrected chi connectivity index (χ1v) is 9.76. The van der Waals surface area contributed by atoms with Crippen LogP contribution in [0.1, 0.15) is 16.1 Å². The average Bonchev–Trinajstić information content (AvgIpc) is 2.84. The molecule has 166 valence electrons. The third kappa shape index (κ3) is 4.98. The van der Waals surface area contributed by atoms with Gasteiger partial charge in [0.1, 0.15) is 11.4 Å².